The summed E-state index contributed by atoms with van der Waals surface area (Å²) in [5, 5.41) is 7.01. The Morgan fingerprint density at radius 1 is 1.03 bits per heavy atom. The molecule has 5 rings (SSSR count). The lowest BCUT2D eigenvalue weighted by Crippen LogP contribution is -2.45. The van der Waals surface area contributed by atoms with Crippen molar-refractivity contribution in [1.29, 1.82) is 0 Å². The summed E-state index contributed by atoms with van der Waals surface area (Å²) in [7, 11) is 1.59. The molecule has 182 valence electrons. The molecule has 1 unspecified atom stereocenters. The van der Waals surface area contributed by atoms with E-state index in [0.29, 0.717) is 28.1 Å². The molecule has 7 nitrogen and oxygen atoms in total. The van der Waals surface area contributed by atoms with Crippen LogP contribution >= 0.6 is 0 Å². The van der Waals surface area contributed by atoms with E-state index >= 15 is 0 Å². The van der Waals surface area contributed by atoms with Gasteiger partial charge in [0.05, 0.1) is 25.3 Å². The molecule has 1 aromatic heterocycles. The highest BCUT2D eigenvalue weighted by atomic mass is 19.1. The molecule has 0 saturated carbocycles. The molecule has 0 bridgehead atoms. The molecule has 9 heteroatoms. The molecule has 2 amide bonds. The number of aromatic nitrogens is 2. The number of carbonyl (C=O) groups excluding carboxylic acids is 1. The van der Waals surface area contributed by atoms with E-state index in [4.69, 9.17) is 9.26 Å². The minimum absolute atomic E-state index is 0.167. The average Bonchev–Trinajstić information content (AvgIpc) is 3.37. The first-order chi connectivity index (χ1) is 17.4. The van der Waals surface area contributed by atoms with Crippen molar-refractivity contribution in [2.24, 2.45) is 0 Å². The van der Waals surface area contributed by atoms with Crippen molar-refractivity contribution in [3.8, 4) is 17.1 Å². The summed E-state index contributed by atoms with van der Waals surface area (Å²) in [5.74, 6) is 0.272. The first-order valence-electron chi connectivity index (χ1n) is 11.2. The zero-order chi connectivity index (χ0) is 25.2. The number of ether oxygens (including phenoxy) is 1. The van der Waals surface area contributed by atoms with Crippen molar-refractivity contribution in [3.63, 3.8) is 0 Å². The van der Waals surface area contributed by atoms with Gasteiger partial charge in [0.15, 0.2) is 0 Å². The quantitative estimate of drug-likeness (QED) is 0.375. The summed E-state index contributed by atoms with van der Waals surface area (Å²) >= 11 is 0. The van der Waals surface area contributed by atoms with Gasteiger partial charge in [0.25, 0.3) is 5.89 Å². The molecule has 0 spiro atoms. The molecule has 3 aromatic carbocycles. The lowest BCUT2D eigenvalue weighted by atomic mass is 9.94. The number of benzene rings is 3. The van der Waals surface area contributed by atoms with E-state index in [0.717, 1.165) is 5.56 Å². The van der Waals surface area contributed by atoms with Crippen molar-refractivity contribution in [2.75, 3.05) is 7.11 Å². The van der Waals surface area contributed by atoms with Gasteiger partial charge in [-0.3, -0.25) is 4.90 Å². The van der Waals surface area contributed by atoms with Crippen LogP contribution in [0, 0.1) is 11.6 Å². The molecule has 0 saturated heterocycles. The smallest absolute Gasteiger partial charge is 0.322 e. The standard InChI is InChI=1S/C27H22F2N4O3/c1-16-23(26-31-25(32-36-26)19-4-3-5-21(29)14-19)24(18-8-10-20(28)11-9-18)30-27(34)33(16)15-17-6-12-22(35-2)13-7-17/h3-14,24H,15H2,1-2H3,(H,30,34). The van der Waals surface area contributed by atoms with Crippen LogP contribution in [0.3, 0.4) is 0 Å². The van der Waals surface area contributed by atoms with Crippen LogP contribution in [-0.2, 0) is 6.54 Å². The van der Waals surface area contributed by atoms with E-state index in [2.05, 4.69) is 15.5 Å². The van der Waals surface area contributed by atoms with Gasteiger partial charge in [-0.15, -0.1) is 0 Å². The second-order valence-corrected chi connectivity index (χ2v) is 8.30. The van der Waals surface area contributed by atoms with Crippen molar-refractivity contribution in [2.45, 2.75) is 19.5 Å². The number of amides is 2. The minimum atomic E-state index is -0.661. The number of rotatable bonds is 6. The number of nitrogens with zero attached hydrogens (tertiary/aromatic N) is 3. The summed E-state index contributed by atoms with van der Waals surface area (Å²) in [4.78, 5) is 19.3. The van der Waals surface area contributed by atoms with E-state index in [1.54, 1.807) is 43.2 Å². The van der Waals surface area contributed by atoms with E-state index in [9.17, 15) is 13.6 Å². The van der Waals surface area contributed by atoms with Crippen molar-refractivity contribution < 1.29 is 22.8 Å². The highest BCUT2D eigenvalue weighted by molar-refractivity contribution is 5.86. The van der Waals surface area contributed by atoms with Gasteiger partial charge in [0, 0.05) is 11.3 Å². The maximum absolute atomic E-state index is 13.8. The summed E-state index contributed by atoms with van der Waals surface area (Å²) in [6, 6.07) is 18.1. The largest absolute Gasteiger partial charge is 0.497 e. The topological polar surface area (TPSA) is 80.5 Å². The van der Waals surface area contributed by atoms with Gasteiger partial charge >= 0.3 is 6.03 Å². The van der Waals surface area contributed by atoms with Crippen LogP contribution in [0.4, 0.5) is 13.6 Å². The number of urea groups is 1. The van der Waals surface area contributed by atoms with Gasteiger partial charge in [0.1, 0.15) is 17.4 Å². The number of carbonyl (C=O) groups is 1. The fourth-order valence-electron chi connectivity index (χ4n) is 4.15. The van der Waals surface area contributed by atoms with Crippen LogP contribution in [0.15, 0.2) is 83.0 Å². The van der Waals surface area contributed by atoms with E-state index in [1.165, 1.54) is 24.3 Å². The molecule has 0 radical (unpaired) electrons. The summed E-state index contributed by atoms with van der Waals surface area (Å²) in [5.41, 5.74) is 3.14. The molecule has 1 aliphatic heterocycles. The summed E-state index contributed by atoms with van der Waals surface area (Å²) in [6.07, 6.45) is 0. The maximum Gasteiger partial charge on any atom is 0.322 e. The molecule has 0 aliphatic carbocycles. The molecular weight excluding hydrogens is 466 g/mol. The van der Waals surface area contributed by atoms with Crippen LogP contribution in [0.5, 0.6) is 5.75 Å². The Kier molecular flexibility index (Phi) is 6.20. The van der Waals surface area contributed by atoms with Crippen molar-refractivity contribution >= 4 is 11.6 Å². The van der Waals surface area contributed by atoms with E-state index in [1.807, 2.05) is 24.3 Å². The number of hydrogen-bond donors (Lipinski definition) is 1. The van der Waals surface area contributed by atoms with Gasteiger partial charge in [-0.2, -0.15) is 4.98 Å². The summed E-state index contributed by atoms with van der Waals surface area (Å²) in [6.45, 7) is 2.08. The molecule has 4 aromatic rings. The Bertz CT molecular complexity index is 1430. The van der Waals surface area contributed by atoms with Gasteiger partial charge in [-0.25, -0.2) is 13.6 Å². The molecule has 36 heavy (non-hydrogen) atoms. The number of allylic oxidation sites excluding steroid dienone is 1. The second-order valence-electron chi connectivity index (χ2n) is 8.30. The van der Waals surface area contributed by atoms with Crippen LogP contribution in [0.25, 0.3) is 17.0 Å². The van der Waals surface area contributed by atoms with Gasteiger partial charge in [0.2, 0.25) is 5.82 Å². The monoisotopic (exact) mass is 488 g/mol. The van der Waals surface area contributed by atoms with Gasteiger partial charge in [-0.1, -0.05) is 41.6 Å². The fourth-order valence-corrected chi connectivity index (χ4v) is 4.15. The summed E-state index contributed by atoms with van der Waals surface area (Å²) < 4.78 is 38.2. The Labute approximate surface area is 206 Å². The third-order valence-electron chi connectivity index (χ3n) is 6.04. The molecule has 1 aliphatic rings. The third-order valence-corrected chi connectivity index (χ3v) is 6.04. The van der Waals surface area contributed by atoms with Gasteiger partial charge < -0.3 is 14.6 Å². The van der Waals surface area contributed by atoms with Crippen molar-refractivity contribution in [3.05, 3.63) is 107 Å². The number of hydrogen-bond acceptors (Lipinski definition) is 5. The van der Waals surface area contributed by atoms with Crippen LogP contribution in [0.2, 0.25) is 0 Å². The van der Waals surface area contributed by atoms with Crippen LogP contribution in [-0.4, -0.2) is 28.2 Å². The fraction of sp³-hybridized carbons (Fsp3) is 0.148. The molecular formula is C27H22F2N4O3. The Balaban J connectivity index is 1.57. The molecule has 1 N–H and O–H groups in total. The first-order valence-corrected chi connectivity index (χ1v) is 11.2. The minimum Gasteiger partial charge on any atom is -0.497 e. The Morgan fingerprint density at radius 2 is 1.78 bits per heavy atom. The number of methoxy groups -OCH3 is 1. The van der Waals surface area contributed by atoms with Gasteiger partial charge in [-0.05, 0) is 54.4 Å². The highest BCUT2D eigenvalue weighted by Gasteiger charge is 2.35. The van der Waals surface area contributed by atoms with Crippen LogP contribution < -0.4 is 10.1 Å². The Morgan fingerprint density at radius 3 is 2.47 bits per heavy atom. The second kappa shape index (κ2) is 9.61. The SMILES string of the molecule is COc1ccc(CN2C(=O)NC(c3ccc(F)cc3)C(c3nc(-c4cccc(F)c4)no3)=C2C)cc1. The predicted molar refractivity (Wildman–Crippen MR) is 128 cm³/mol. The highest BCUT2D eigenvalue weighted by Crippen LogP contribution is 2.38. The molecule has 2 heterocycles. The van der Waals surface area contributed by atoms with E-state index < -0.39 is 17.7 Å². The Hall–Kier alpha value is -4.53. The molecule has 0 fully saturated rings. The zero-order valence-corrected chi connectivity index (χ0v) is 19.5. The first kappa shape index (κ1) is 23.2. The average molecular weight is 488 g/mol. The normalized spacial score (nSPS) is 15.7. The number of halogens is 2. The zero-order valence-electron chi connectivity index (χ0n) is 19.5. The van der Waals surface area contributed by atoms with Crippen molar-refractivity contribution in [1.82, 2.24) is 20.4 Å². The van der Waals surface area contributed by atoms with Crippen LogP contribution in [0.1, 0.15) is 30.0 Å². The third kappa shape index (κ3) is 4.55. The van der Waals surface area contributed by atoms with E-state index in [-0.39, 0.29) is 24.3 Å². The predicted octanol–water partition coefficient (Wildman–Crippen LogP) is 5.72. The maximum atomic E-state index is 13.8. The lowest BCUT2D eigenvalue weighted by molar-refractivity contribution is 0.203. The number of nitrogens with one attached hydrogen (secondary N) is 1. The molecule has 1 atom stereocenters. The lowest BCUT2D eigenvalue weighted by Gasteiger charge is -2.35.